The van der Waals surface area contributed by atoms with Gasteiger partial charge in [-0.3, -0.25) is 4.79 Å². The van der Waals surface area contributed by atoms with Gasteiger partial charge in [-0.15, -0.1) is 0 Å². The molecule has 1 aliphatic carbocycles. The number of ether oxygens (including phenoxy) is 2. The Hall–Kier alpha value is -0.650. The summed E-state index contributed by atoms with van der Waals surface area (Å²) in [6, 6.07) is 0.162. The maximum absolute atomic E-state index is 13.0. The molecule has 1 aliphatic rings. The van der Waals surface area contributed by atoms with E-state index in [1.807, 2.05) is 25.7 Å². The molecule has 0 heterocycles. The van der Waals surface area contributed by atoms with Gasteiger partial charge in [0, 0.05) is 38.1 Å². The highest BCUT2D eigenvalue weighted by molar-refractivity contribution is 5.89. The van der Waals surface area contributed by atoms with Gasteiger partial charge < -0.3 is 20.1 Å². The predicted molar refractivity (Wildman–Crippen MR) is 84.1 cm³/mol. The van der Waals surface area contributed by atoms with Crippen LogP contribution in [-0.2, 0) is 14.3 Å². The number of hydrogen-bond acceptors (Lipinski definition) is 4. The van der Waals surface area contributed by atoms with E-state index >= 15 is 0 Å². The second kappa shape index (κ2) is 7.07. The Balaban J connectivity index is 2.88. The molecule has 5 nitrogen and oxygen atoms in total. The van der Waals surface area contributed by atoms with E-state index in [4.69, 9.17) is 15.2 Å². The predicted octanol–water partition coefficient (Wildman–Crippen LogP) is 1.79. The van der Waals surface area contributed by atoms with Crippen LogP contribution in [0.2, 0.25) is 0 Å². The van der Waals surface area contributed by atoms with Crippen molar-refractivity contribution in [2.75, 3.05) is 26.9 Å². The molecule has 0 radical (unpaired) electrons. The number of carbonyl (C=O) groups is 1. The van der Waals surface area contributed by atoms with Crippen molar-refractivity contribution in [2.45, 2.75) is 65.1 Å². The van der Waals surface area contributed by atoms with Gasteiger partial charge in [0.25, 0.3) is 0 Å². The average Bonchev–Trinajstić information content (AvgIpc) is 2.46. The number of methoxy groups -OCH3 is 1. The number of carbonyl (C=O) groups excluding carboxylic acids is 1. The quantitative estimate of drug-likeness (QED) is 0.742. The molecule has 0 aromatic carbocycles. The zero-order valence-electron chi connectivity index (χ0n) is 14.4. The van der Waals surface area contributed by atoms with Crippen molar-refractivity contribution in [3.63, 3.8) is 0 Å². The zero-order chi connectivity index (χ0) is 16.3. The van der Waals surface area contributed by atoms with Gasteiger partial charge in [0.05, 0.1) is 12.7 Å². The maximum Gasteiger partial charge on any atom is 0.243 e. The van der Waals surface area contributed by atoms with Gasteiger partial charge in [-0.1, -0.05) is 20.8 Å². The van der Waals surface area contributed by atoms with Crippen molar-refractivity contribution >= 4 is 5.91 Å². The molecule has 0 aromatic rings. The Morgan fingerprint density at radius 3 is 2.48 bits per heavy atom. The Morgan fingerprint density at radius 2 is 2.05 bits per heavy atom. The molecule has 21 heavy (non-hydrogen) atoms. The normalized spacial score (nSPS) is 28.8. The third-order valence-electron chi connectivity index (χ3n) is 5.13. The molecule has 0 saturated heterocycles. The van der Waals surface area contributed by atoms with Crippen LogP contribution in [0.3, 0.4) is 0 Å². The Morgan fingerprint density at radius 1 is 1.43 bits per heavy atom. The first-order chi connectivity index (χ1) is 9.76. The molecule has 3 unspecified atom stereocenters. The molecule has 1 saturated carbocycles. The van der Waals surface area contributed by atoms with Gasteiger partial charge in [0.1, 0.15) is 5.54 Å². The van der Waals surface area contributed by atoms with Crippen molar-refractivity contribution in [3.8, 4) is 0 Å². The zero-order valence-corrected chi connectivity index (χ0v) is 14.4. The third kappa shape index (κ3) is 3.25. The lowest BCUT2D eigenvalue weighted by Crippen LogP contribution is -2.76. The first kappa shape index (κ1) is 18.4. The summed E-state index contributed by atoms with van der Waals surface area (Å²) in [7, 11) is 1.65. The molecule has 1 amide bonds. The monoisotopic (exact) mass is 300 g/mol. The summed E-state index contributed by atoms with van der Waals surface area (Å²) in [5.74, 6) is 0.0230. The van der Waals surface area contributed by atoms with Crippen LogP contribution >= 0.6 is 0 Å². The lowest BCUT2D eigenvalue weighted by Gasteiger charge is -2.59. The van der Waals surface area contributed by atoms with Crippen LogP contribution in [0.15, 0.2) is 0 Å². The van der Waals surface area contributed by atoms with E-state index in [-0.39, 0.29) is 23.5 Å². The second-order valence-corrected chi connectivity index (χ2v) is 6.59. The topological polar surface area (TPSA) is 64.8 Å². The summed E-state index contributed by atoms with van der Waals surface area (Å²) in [5.41, 5.74) is 5.31. The van der Waals surface area contributed by atoms with Gasteiger partial charge in [0.15, 0.2) is 0 Å². The number of hydrogen-bond donors (Lipinski definition) is 1. The minimum atomic E-state index is -0.843. The molecule has 0 aliphatic heterocycles. The van der Waals surface area contributed by atoms with Crippen LogP contribution in [-0.4, -0.2) is 55.4 Å². The highest BCUT2D eigenvalue weighted by Gasteiger charge is 2.63. The third-order valence-corrected chi connectivity index (χ3v) is 5.13. The summed E-state index contributed by atoms with van der Waals surface area (Å²) in [6.07, 6.45) is 1.55. The van der Waals surface area contributed by atoms with Crippen molar-refractivity contribution in [1.82, 2.24) is 4.90 Å². The molecule has 5 heteroatoms. The van der Waals surface area contributed by atoms with Gasteiger partial charge in [-0.05, 0) is 20.3 Å². The smallest absolute Gasteiger partial charge is 0.243 e. The Bertz CT molecular complexity index is 359. The van der Waals surface area contributed by atoms with E-state index in [9.17, 15) is 4.79 Å². The number of nitrogens with zero attached hydrogens (tertiary/aromatic N) is 1. The van der Waals surface area contributed by atoms with Crippen LogP contribution in [0.1, 0.15) is 47.5 Å². The largest absolute Gasteiger partial charge is 0.383 e. The molecular weight excluding hydrogens is 268 g/mol. The van der Waals surface area contributed by atoms with Gasteiger partial charge in [-0.25, -0.2) is 0 Å². The standard InChI is InChI=1S/C16H32N2O3/c1-7-12(3)18(9-10-20-6)14(19)16(17)11-13(21-8-2)15(16,4)5/h12-13H,7-11,17H2,1-6H3. The fourth-order valence-corrected chi connectivity index (χ4v) is 2.99. The summed E-state index contributed by atoms with van der Waals surface area (Å²) in [5, 5.41) is 0. The molecule has 1 fully saturated rings. The van der Waals surface area contributed by atoms with E-state index in [2.05, 4.69) is 13.8 Å². The van der Waals surface area contributed by atoms with E-state index in [1.54, 1.807) is 7.11 Å². The Labute approximate surface area is 129 Å². The SMILES string of the molecule is CCOC1CC(N)(C(=O)N(CCOC)C(C)CC)C1(C)C. The molecule has 0 spiro atoms. The van der Waals surface area contributed by atoms with E-state index in [0.29, 0.717) is 26.2 Å². The number of nitrogens with two attached hydrogens (primary N) is 1. The Kier molecular flexibility index (Phi) is 6.20. The van der Waals surface area contributed by atoms with Gasteiger partial charge >= 0.3 is 0 Å². The van der Waals surface area contributed by atoms with Crippen LogP contribution in [0.4, 0.5) is 0 Å². The molecule has 0 bridgehead atoms. The number of amides is 1. The summed E-state index contributed by atoms with van der Waals surface area (Å²) in [4.78, 5) is 14.9. The minimum Gasteiger partial charge on any atom is -0.383 e. The minimum absolute atomic E-state index is 0.0230. The summed E-state index contributed by atoms with van der Waals surface area (Å²) in [6.45, 7) is 11.9. The fourth-order valence-electron chi connectivity index (χ4n) is 2.99. The lowest BCUT2D eigenvalue weighted by molar-refractivity contribution is -0.181. The van der Waals surface area contributed by atoms with Crippen molar-refractivity contribution in [3.05, 3.63) is 0 Å². The first-order valence-corrected chi connectivity index (χ1v) is 7.96. The van der Waals surface area contributed by atoms with Crippen LogP contribution in [0.25, 0.3) is 0 Å². The fraction of sp³-hybridized carbons (Fsp3) is 0.938. The molecule has 124 valence electrons. The van der Waals surface area contributed by atoms with Crippen molar-refractivity contribution < 1.29 is 14.3 Å². The van der Waals surface area contributed by atoms with Crippen LogP contribution in [0, 0.1) is 5.41 Å². The molecule has 0 aromatic heterocycles. The second-order valence-electron chi connectivity index (χ2n) is 6.59. The highest BCUT2D eigenvalue weighted by Crippen LogP contribution is 2.50. The van der Waals surface area contributed by atoms with Gasteiger partial charge in [-0.2, -0.15) is 0 Å². The lowest BCUT2D eigenvalue weighted by atomic mass is 9.54. The van der Waals surface area contributed by atoms with E-state index in [0.717, 1.165) is 6.42 Å². The summed E-state index contributed by atoms with van der Waals surface area (Å²) >= 11 is 0. The van der Waals surface area contributed by atoms with Crippen LogP contribution < -0.4 is 5.73 Å². The van der Waals surface area contributed by atoms with Crippen molar-refractivity contribution in [2.24, 2.45) is 11.1 Å². The van der Waals surface area contributed by atoms with Gasteiger partial charge in [0.2, 0.25) is 5.91 Å². The molecule has 2 N–H and O–H groups in total. The van der Waals surface area contributed by atoms with E-state index < -0.39 is 5.54 Å². The van der Waals surface area contributed by atoms with Crippen LogP contribution in [0.5, 0.6) is 0 Å². The number of rotatable bonds is 8. The first-order valence-electron chi connectivity index (χ1n) is 7.96. The average molecular weight is 300 g/mol. The molecular formula is C16H32N2O3. The highest BCUT2D eigenvalue weighted by atomic mass is 16.5. The van der Waals surface area contributed by atoms with Crippen molar-refractivity contribution in [1.29, 1.82) is 0 Å². The molecule has 3 atom stereocenters. The van der Waals surface area contributed by atoms with E-state index in [1.165, 1.54) is 0 Å². The maximum atomic E-state index is 13.0. The summed E-state index contributed by atoms with van der Waals surface area (Å²) < 4.78 is 10.8. The molecule has 1 rings (SSSR count).